The van der Waals surface area contributed by atoms with Crippen LogP contribution in [-0.4, -0.2) is 59.2 Å². The van der Waals surface area contributed by atoms with Crippen molar-refractivity contribution in [2.75, 3.05) is 31.2 Å². The van der Waals surface area contributed by atoms with Crippen LogP contribution in [0.5, 0.6) is 0 Å². The number of ketones is 1. The normalized spacial score (nSPS) is 16.3. The number of pyridine rings is 2. The van der Waals surface area contributed by atoms with Crippen LogP contribution in [0.4, 0.5) is 5.82 Å². The van der Waals surface area contributed by atoms with Gasteiger partial charge in [-0.3, -0.25) is 9.59 Å². The van der Waals surface area contributed by atoms with E-state index in [9.17, 15) is 18.0 Å². The maximum Gasteiger partial charge on any atom is 0.251 e. The molecule has 1 aliphatic heterocycles. The Bertz CT molecular complexity index is 1930. The number of aromatic amines is 1. The average molecular weight is 615 g/mol. The number of Topliss-reactive ketones (excluding diaryl/α,β-unsaturated/α-hetero) is 1. The molecule has 1 aliphatic carbocycles. The van der Waals surface area contributed by atoms with Gasteiger partial charge in [0.2, 0.25) is 10.0 Å². The van der Waals surface area contributed by atoms with Crippen LogP contribution < -0.4 is 10.5 Å². The van der Waals surface area contributed by atoms with Gasteiger partial charge in [0.15, 0.2) is 5.78 Å². The lowest BCUT2D eigenvalue weighted by atomic mass is 9.94. The van der Waals surface area contributed by atoms with E-state index in [-0.39, 0.29) is 24.2 Å². The summed E-state index contributed by atoms with van der Waals surface area (Å²) in [4.78, 5) is 36.3. The highest BCUT2D eigenvalue weighted by molar-refractivity contribution is 7.91. The van der Waals surface area contributed by atoms with Gasteiger partial charge in [0.1, 0.15) is 5.82 Å². The number of allylic oxidation sites excluding steroid dienone is 1. The molecule has 0 atom stereocenters. The zero-order chi connectivity index (χ0) is 31.2. The number of morpholine rings is 1. The van der Waals surface area contributed by atoms with E-state index in [1.807, 2.05) is 51.1 Å². The lowest BCUT2D eigenvalue weighted by molar-refractivity contribution is 0.0984. The summed E-state index contributed by atoms with van der Waals surface area (Å²) in [5, 5.41) is 0.615. The lowest BCUT2D eigenvalue weighted by Gasteiger charge is -2.27. The van der Waals surface area contributed by atoms with Gasteiger partial charge in [0.25, 0.3) is 5.56 Å². The predicted octanol–water partition coefficient (Wildman–Crippen LogP) is 5.26. The van der Waals surface area contributed by atoms with E-state index in [4.69, 9.17) is 9.72 Å². The fourth-order valence-corrected chi connectivity index (χ4v) is 8.45. The topological polar surface area (TPSA) is 114 Å². The van der Waals surface area contributed by atoms with Crippen molar-refractivity contribution in [1.29, 1.82) is 0 Å². The maximum absolute atomic E-state index is 14.1. The molecule has 6 rings (SSSR count). The Kier molecular flexibility index (Phi) is 7.83. The third-order valence-corrected chi connectivity index (χ3v) is 11.5. The SMILES string of the molecule is C=CCC1(S(=O)(=O)n2cc(C)c3c(C(=O)CCc4c(C)cc(C)[nH]c4=O)cc(-c4ccc(N5CCOCC5)nc4)cc32)CC1. The van der Waals surface area contributed by atoms with Crippen molar-refractivity contribution >= 4 is 32.5 Å². The van der Waals surface area contributed by atoms with Crippen molar-refractivity contribution in [2.24, 2.45) is 0 Å². The first-order chi connectivity index (χ1) is 21.0. The molecule has 44 heavy (non-hydrogen) atoms. The molecule has 0 bridgehead atoms. The Hall–Kier alpha value is -4.02. The Balaban J connectivity index is 1.45. The third-order valence-electron chi connectivity index (χ3n) is 9.00. The van der Waals surface area contributed by atoms with Crippen LogP contribution in [-0.2, 0) is 21.2 Å². The lowest BCUT2D eigenvalue weighted by Crippen LogP contribution is -2.36. The first-order valence-corrected chi connectivity index (χ1v) is 16.5. The molecular formula is C34H38N4O5S. The largest absolute Gasteiger partial charge is 0.378 e. The van der Waals surface area contributed by atoms with Crippen LogP contribution in [0.3, 0.4) is 0 Å². The minimum Gasteiger partial charge on any atom is -0.378 e. The summed E-state index contributed by atoms with van der Waals surface area (Å²) in [5.74, 6) is 0.689. The van der Waals surface area contributed by atoms with Crippen LogP contribution in [0.1, 0.15) is 58.4 Å². The second-order valence-electron chi connectivity index (χ2n) is 12.1. The number of benzene rings is 1. The second kappa shape index (κ2) is 11.5. The Morgan fingerprint density at radius 2 is 1.84 bits per heavy atom. The molecule has 1 saturated carbocycles. The van der Waals surface area contributed by atoms with Crippen LogP contribution in [0.25, 0.3) is 22.0 Å². The molecule has 9 nitrogen and oxygen atoms in total. The molecular weight excluding hydrogens is 576 g/mol. The molecule has 4 heterocycles. The molecule has 0 radical (unpaired) electrons. The summed E-state index contributed by atoms with van der Waals surface area (Å²) in [6, 6.07) is 9.49. The molecule has 1 aromatic carbocycles. The number of aromatic nitrogens is 3. The summed E-state index contributed by atoms with van der Waals surface area (Å²) in [7, 11) is -3.77. The van der Waals surface area contributed by atoms with Crippen LogP contribution in [0.15, 0.2) is 60.2 Å². The molecule has 3 aromatic heterocycles. The number of carbonyl (C=O) groups is 1. The molecule has 230 valence electrons. The molecule has 2 aliphatic rings. The minimum atomic E-state index is -3.77. The maximum atomic E-state index is 14.1. The number of aryl methyl sites for hydroxylation is 3. The highest BCUT2D eigenvalue weighted by atomic mass is 32.2. The van der Waals surface area contributed by atoms with Gasteiger partial charge in [-0.2, -0.15) is 0 Å². The number of hydrogen-bond donors (Lipinski definition) is 1. The number of rotatable bonds is 10. The van der Waals surface area contributed by atoms with Gasteiger partial charge >= 0.3 is 0 Å². The van der Waals surface area contributed by atoms with Crippen LogP contribution in [0.2, 0.25) is 0 Å². The number of carbonyl (C=O) groups excluding carboxylic acids is 1. The Morgan fingerprint density at radius 1 is 1.09 bits per heavy atom. The first kappa shape index (κ1) is 30.0. The standard InChI is InChI=1S/C34H38N4O5S/c1-5-10-34(11-12-34)44(41,42)38-21-23(3)32-28(30(39)8-7-27-22(2)17-24(4)36-33(27)40)18-26(19-29(32)38)25-6-9-31(35-20-25)37-13-15-43-16-14-37/h5-6,9,17-21H,1,7-8,10-16H2,2-4H3,(H,36,40). The van der Waals surface area contributed by atoms with Gasteiger partial charge in [-0.05, 0) is 93.5 Å². The summed E-state index contributed by atoms with van der Waals surface area (Å²) >= 11 is 0. The van der Waals surface area contributed by atoms with Gasteiger partial charge in [-0.15, -0.1) is 6.58 Å². The molecule has 10 heteroatoms. The molecule has 2 fully saturated rings. The van der Waals surface area contributed by atoms with Gasteiger partial charge in [-0.25, -0.2) is 17.4 Å². The minimum absolute atomic E-state index is 0.109. The van der Waals surface area contributed by atoms with Crippen molar-refractivity contribution in [2.45, 2.75) is 57.6 Å². The third kappa shape index (κ3) is 5.30. The zero-order valence-electron chi connectivity index (χ0n) is 25.5. The zero-order valence-corrected chi connectivity index (χ0v) is 26.3. The van der Waals surface area contributed by atoms with E-state index in [1.54, 1.807) is 18.5 Å². The number of nitrogens with zero attached hydrogens (tertiary/aromatic N) is 3. The number of fused-ring (bicyclic) bond motifs is 1. The van der Waals surface area contributed by atoms with Crippen LogP contribution >= 0.6 is 0 Å². The molecule has 0 amide bonds. The smallest absolute Gasteiger partial charge is 0.251 e. The second-order valence-corrected chi connectivity index (χ2v) is 14.3. The fourth-order valence-electron chi connectivity index (χ4n) is 6.39. The first-order valence-electron chi connectivity index (χ1n) is 15.1. The summed E-state index contributed by atoms with van der Waals surface area (Å²) < 4.78 is 34.1. The van der Waals surface area contributed by atoms with E-state index in [0.29, 0.717) is 65.6 Å². The quantitative estimate of drug-likeness (QED) is 0.192. The summed E-state index contributed by atoms with van der Waals surface area (Å²) in [6.45, 7) is 12.2. The van der Waals surface area contributed by atoms with Crippen LogP contribution in [0, 0.1) is 20.8 Å². The van der Waals surface area contributed by atoms with E-state index < -0.39 is 14.8 Å². The van der Waals surface area contributed by atoms with Gasteiger partial charge in [0, 0.05) is 59.7 Å². The van der Waals surface area contributed by atoms with Crippen molar-refractivity contribution in [1.82, 2.24) is 13.9 Å². The molecule has 0 spiro atoms. The predicted molar refractivity (Wildman–Crippen MR) is 173 cm³/mol. The molecule has 1 N–H and O–H groups in total. The van der Waals surface area contributed by atoms with Crippen molar-refractivity contribution in [3.05, 3.63) is 93.7 Å². The number of hydrogen-bond acceptors (Lipinski definition) is 7. The van der Waals surface area contributed by atoms with Crippen molar-refractivity contribution in [3.8, 4) is 11.1 Å². The highest BCUT2D eigenvalue weighted by Crippen LogP contribution is 2.49. The Morgan fingerprint density at radius 3 is 2.48 bits per heavy atom. The highest BCUT2D eigenvalue weighted by Gasteiger charge is 2.54. The fraction of sp³-hybridized carbons (Fsp3) is 0.382. The number of H-pyrrole nitrogens is 1. The van der Waals surface area contributed by atoms with E-state index in [0.717, 1.165) is 35.7 Å². The van der Waals surface area contributed by atoms with E-state index in [2.05, 4.69) is 16.5 Å². The molecule has 0 unspecified atom stereocenters. The van der Waals surface area contributed by atoms with Gasteiger partial charge in [0.05, 0.1) is 23.5 Å². The van der Waals surface area contributed by atoms with E-state index >= 15 is 0 Å². The molecule has 4 aromatic rings. The summed E-state index contributed by atoms with van der Waals surface area (Å²) in [5.41, 5.74) is 5.10. The number of ether oxygens (including phenoxy) is 1. The van der Waals surface area contributed by atoms with Crippen molar-refractivity contribution in [3.63, 3.8) is 0 Å². The van der Waals surface area contributed by atoms with E-state index in [1.165, 1.54) is 3.97 Å². The Labute approximate surface area is 257 Å². The summed E-state index contributed by atoms with van der Waals surface area (Å²) in [6.07, 6.45) is 6.98. The van der Waals surface area contributed by atoms with Gasteiger partial charge in [-0.1, -0.05) is 6.08 Å². The monoisotopic (exact) mass is 614 g/mol. The molecule has 1 saturated heterocycles. The average Bonchev–Trinajstić information content (AvgIpc) is 3.73. The number of nitrogens with one attached hydrogen (secondary N) is 1. The number of anilines is 1. The van der Waals surface area contributed by atoms with Gasteiger partial charge < -0.3 is 14.6 Å². The van der Waals surface area contributed by atoms with Crippen molar-refractivity contribution < 1.29 is 17.9 Å².